The van der Waals surface area contributed by atoms with Crippen LogP contribution in [0.2, 0.25) is 0 Å². The Hall–Kier alpha value is -2.21. The van der Waals surface area contributed by atoms with Crippen LogP contribution in [0.15, 0.2) is 29.6 Å². The van der Waals surface area contributed by atoms with Crippen LogP contribution in [0.5, 0.6) is 0 Å². The van der Waals surface area contributed by atoms with Crippen LogP contribution in [0.3, 0.4) is 0 Å². The molecule has 0 amide bonds. The molecule has 1 aromatic carbocycles. The lowest BCUT2D eigenvalue weighted by Gasteiger charge is -2.03. The molecule has 0 radical (unpaired) electrons. The molecule has 6 heteroatoms. The summed E-state index contributed by atoms with van der Waals surface area (Å²) >= 11 is 1.42. The third kappa shape index (κ3) is 3.89. The number of thiazole rings is 1. The predicted octanol–water partition coefficient (Wildman–Crippen LogP) is 3.11. The number of ketones is 1. The second kappa shape index (κ2) is 6.29. The fraction of sp³-hybridized carbons (Fsp3) is 0.214. The van der Waals surface area contributed by atoms with Gasteiger partial charge in [0.25, 0.3) is 0 Å². The molecule has 0 aliphatic heterocycles. The number of aliphatic carboxylic acids is 1. The quantitative estimate of drug-likeness (QED) is 0.799. The first-order valence-corrected chi connectivity index (χ1v) is 6.97. The van der Waals surface area contributed by atoms with Gasteiger partial charge in [0, 0.05) is 23.1 Å². The van der Waals surface area contributed by atoms with Gasteiger partial charge in [0.2, 0.25) is 0 Å². The van der Waals surface area contributed by atoms with Crippen molar-refractivity contribution in [3.8, 4) is 0 Å². The number of carbonyl (C=O) groups excluding carboxylic acids is 1. The van der Waals surface area contributed by atoms with Crippen LogP contribution >= 0.6 is 11.3 Å². The molecule has 0 spiro atoms. The Labute approximate surface area is 120 Å². The van der Waals surface area contributed by atoms with E-state index in [9.17, 15) is 9.59 Å². The molecule has 2 N–H and O–H groups in total. The van der Waals surface area contributed by atoms with Gasteiger partial charge in [-0.25, -0.2) is 4.98 Å². The Morgan fingerprint density at radius 2 is 2.00 bits per heavy atom. The van der Waals surface area contributed by atoms with Crippen LogP contribution in [0.1, 0.15) is 29.4 Å². The van der Waals surface area contributed by atoms with E-state index in [1.165, 1.54) is 18.3 Å². The number of nitrogens with one attached hydrogen (secondary N) is 1. The molecular formula is C14H14N2O3S. The maximum absolute atomic E-state index is 11.2. The lowest BCUT2D eigenvalue weighted by Crippen LogP contribution is -1.98. The number of anilines is 2. The number of Topliss-reactive ketones (excluding diaryl/α,β-unsaturated/α-hetero) is 1. The molecule has 0 fully saturated rings. The Kier molecular flexibility index (Phi) is 4.47. The van der Waals surface area contributed by atoms with Gasteiger partial charge in [-0.1, -0.05) is 0 Å². The average Bonchev–Trinajstić information content (AvgIpc) is 2.84. The molecule has 2 rings (SSSR count). The summed E-state index contributed by atoms with van der Waals surface area (Å²) in [6.07, 6.45) is 0.507. The summed E-state index contributed by atoms with van der Waals surface area (Å²) in [4.78, 5) is 26.0. The van der Waals surface area contributed by atoms with Crippen LogP contribution in [-0.2, 0) is 11.2 Å². The zero-order valence-corrected chi connectivity index (χ0v) is 11.7. The molecule has 0 saturated heterocycles. The van der Waals surface area contributed by atoms with Gasteiger partial charge in [0.1, 0.15) is 0 Å². The number of carbonyl (C=O) groups is 2. The fourth-order valence-corrected chi connectivity index (χ4v) is 2.39. The number of nitrogens with zero attached hydrogens (tertiary/aromatic N) is 1. The first-order valence-electron chi connectivity index (χ1n) is 6.09. The zero-order chi connectivity index (χ0) is 14.5. The molecule has 1 aromatic heterocycles. The van der Waals surface area contributed by atoms with Crippen molar-refractivity contribution >= 4 is 33.9 Å². The monoisotopic (exact) mass is 290 g/mol. The number of carboxylic acids is 1. The molecule has 0 aliphatic rings. The highest BCUT2D eigenvalue weighted by Gasteiger charge is 2.05. The molecule has 0 bridgehead atoms. The highest BCUT2D eigenvalue weighted by Crippen LogP contribution is 2.22. The van der Waals surface area contributed by atoms with E-state index in [0.29, 0.717) is 17.1 Å². The van der Waals surface area contributed by atoms with E-state index < -0.39 is 5.97 Å². The zero-order valence-electron chi connectivity index (χ0n) is 10.9. The number of carboxylic acid groups (broad SMARTS) is 1. The van der Waals surface area contributed by atoms with E-state index in [4.69, 9.17) is 5.11 Å². The maximum atomic E-state index is 11.2. The minimum Gasteiger partial charge on any atom is -0.481 e. The molecule has 5 nitrogen and oxygen atoms in total. The van der Waals surface area contributed by atoms with Gasteiger partial charge in [-0.2, -0.15) is 0 Å². The molecule has 20 heavy (non-hydrogen) atoms. The molecule has 0 atom stereocenters. The van der Waals surface area contributed by atoms with Gasteiger partial charge < -0.3 is 10.4 Å². The average molecular weight is 290 g/mol. The van der Waals surface area contributed by atoms with Crippen LogP contribution in [0, 0.1) is 0 Å². The predicted molar refractivity (Wildman–Crippen MR) is 77.8 cm³/mol. The maximum Gasteiger partial charge on any atom is 0.303 e. The first kappa shape index (κ1) is 14.2. The topological polar surface area (TPSA) is 79.3 Å². The van der Waals surface area contributed by atoms with E-state index in [1.807, 2.05) is 17.5 Å². The van der Waals surface area contributed by atoms with Crippen molar-refractivity contribution in [3.05, 3.63) is 40.9 Å². The number of aromatic nitrogens is 1. The molecule has 2 aromatic rings. The van der Waals surface area contributed by atoms with Crippen LogP contribution in [0.4, 0.5) is 10.8 Å². The SMILES string of the molecule is CC(=O)c1ccc(Nc2nc(CCC(=O)O)cs2)cc1. The van der Waals surface area contributed by atoms with Crippen LogP contribution in [0.25, 0.3) is 0 Å². The van der Waals surface area contributed by atoms with Crippen molar-refractivity contribution in [1.29, 1.82) is 0 Å². The molecular weight excluding hydrogens is 276 g/mol. The molecule has 0 unspecified atom stereocenters. The highest BCUT2D eigenvalue weighted by atomic mass is 32.1. The molecule has 1 heterocycles. The standard InChI is InChI=1S/C14H14N2O3S/c1-9(17)10-2-4-11(5-3-10)15-14-16-12(8-20-14)6-7-13(18)19/h2-5,8H,6-7H2,1H3,(H,15,16)(H,18,19). The molecule has 0 aliphatic carbocycles. The van der Waals surface area contributed by atoms with Crippen LogP contribution < -0.4 is 5.32 Å². The van der Waals surface area contributed by atoms with Gasteiger partial charge in [-0.05, 0) is 31.2 Å². The van der Waals surface area contributed by atoms with Gasteiger partial charge >= 0.3 is 5.97 Å². The second-order valence-corrected chi connectivity index (χ2v) is 5.15. The smallest absolute Gasteiger partial charge is 0.303 e. The Morgan fingerprint density at radius 3 is 2.60 bits per heavy atom. The molecule has 0 saturated carbocycles. The Balaban J connectivity index is 1.99. The van der Waals surface area contributed by atoms with Gasteiger partial charge in [-0.15, -0.1) is 11.3 Å². The second-order valence-electron chi connectivity index (χ2n) is 4.30. The van der Waals surface area contributed by atoms with E-state index >= 15 is 0 Å². The van der Waals surface area contributed by atoms with Crippen molar-refractivity contribution in [3.63, 3.8) is 0 Å². The fourth-order valence-electron chi connectivity index (χ4n) is 1.63. The van der Waals surface area contributed by atoms with Crippen molar-refractivity contribution in [1.82, 2.24) is 4.98 Å². The normalized spacial score (nSPS) is 10.2. The summed E-state index contributed by atoms with van der Waals surface area (Å²) in [6, 6.07) is 7.14. The summed E-state index contributed by atoms with van der Waals surface area (Å²) < 4.78 is 0. The largest absolute Gasteiger partial charge is 0.481 e. The van der Waals surface area contributed by atoms with Gasteiger partial charge in [0.15, 0.2) is 10.9 Å². The van der Waals surface area contributed by atoms with Crippen molar-refractivity contribution in [2.45, 2.75) is 19.8 Å². The van der Waals surface area contributed by atoms with E-state index in [1.54, 1.807) is 12.1 Å². The van der Waals surface area contributed by atoms with E-state index in [-0.39, 0.29) is 12.2 Å². The summed E-state index contributed by atoms with van der Waals surface area (Å²) in [5, 5.41) is 14.3. The van der Waals surface area contributed by atoms with Crippen molar-refractivity contribution in [2.75, 3.05) is 5.32 Å². The van der Waals surface area contributed by atoms with Crippen molar-refractivity contribution < 1.29 is 14.7 Å². The Bertz CT molecular complexity index is 620. The number of hydrogen-bond donors (Lipinski definition) is 2. The van der Waals surface area contributed by atoms with E-state index in [0.717, 1.165) is 11.4 Å². The highest BCUT2D eigenvalue weighted by molar-refractivity contribution is 7.13. The minimum atomic E-state index is -0.827. The lowest BCUT2D eigenvalue weighted by molar-refractivity contribution is -0.136. The first-order chi connectivity index (χ1) is 9.54. The number of benzene rings is 1. The Morgan fingerprint density at radius 1 is 1.30 bits per heavy atom. The third-order valence-corrected chi connectivity index (χ3v) is 3.50. The van der Waals surface area contributed by atoms with Crippen molar-refractivity contribution in [2.24, 2.45) is 0 Å². The minimum absolute atomic E-state index is 0.0294. The van der Waals surface area contributed by atoms with E-state index in [2.05, 4.69) is 10.3 Å². The summed E-state index contributed by atoms with van der Waals surface area (Å²) in [5.74, 6) is -0.797. The van der Waals surface area contributed by atoms with Gasteiger partial charge in [0.05, 0.1) is 12.1 Å². The number of rotatable bonds is 6. The third-order valence-electron chi connectivity index (χ3n) is 2.69. The molecule has 104 valence electrons. The number of hydrogen-bond acceptors (Lipinski definition) is 5. The summed E-state index contributed by atoms with van der Waals surface area (Å²) in [6.45, 7) is 1.53. The summed E-state index contributed by atoms with van der Waals surface area (Å²) in [5.41, 5.74) is 2.27. The van der Waals surface area contributed by atoms with Crippen LogP contribution in [-0.4, -0.2) is 21.8 Å². The van der Waals surface area contributed by atoms with Gasteiger partial charge in [-0.3, -0.25) is 9.59 Å². The lowest BCUT2D eigenvalue weighted by atomic mass is 10.1. The summed E-state index contributed by atoms with van der Waals surface area (Å²) in [7, 11) is 0. The number of aryl methyl sites for hydroxylation is 1.